The van der Waals surface area contributed by atoms with Gasteiger partial charge in [0.2, 0.25) is 0 Å². The molecule has 0 aliphatic carbocycles. The molecule has 0 aromatic heterocycles. The molecule has 5 aromatic carbocycles. The van der Waals surface area contributed by atoms with Crippen LogP contribution in [-0.2, 0) is 6.54 Å². The molecule has 2 nitrogen and oxygen atoms in total. The molecule has 0 atom stereocenters. The number of hydrogen-bond donors (Lipinski definition) is 0. The number of benzene rings is 5. The Labute approximate surface area is 208 Å². The maximum absolute atomic E-state index is 5.10. The van der Waals surface area contributed by atoms with Crippen LogP contribution < -0.4 is 0 Å². The molecule has 0 saturated heterocycles. The molecule has 0 fully saturated rings. The standard InChI is InChI=1S/C31H25BrN2/c1-2-30(28-14-13-24-8-4-6-10-27(24)20-28)34-31(25-15-17-29(32)18-16-25)33-21-22-11-12-23-7-3-5-9-26(23)19-22/h3-20H,2,21H2,1H3. The zero-order valence-electron chi connectivity index (χ0n) is 19.1. The summed E-state index contributed by atoms with van der Waals surface area (Å²) >= 11 is 3.54. The van der Waals surface area contributed by atoms with Crippen molar-refractivity contribution in [2.24, 2.45) is 9.98 Å². The number of fused-ring (bicyclic) bond motifs is 2. The molecule has 5 rings (SSSR count). The van der Waals surface area contributed by atoms with Crippen molar-refractivity contribution in [1.82, 2.24) is 0 Å². The molecule has 0 heterocycles. The molecule has 0 amide bonds. The van der Waals surface area contributed by atoms with E-state index in [0.717, 1.165) is 33.6 Å². The van der Waals surface area contributed by atoms with Crippen LogP contribution in [-0.4, -0.2) is 11.5 Å². The van der Waals surface area contributed by atoms with Crippen LogP contribution in [0.15, 0.2) is 124 Å². The van der Waals surface area contributed by atoms with E-state index in [2.05, 4.69) is 120 Å². The summed E-state index contributed by atoms with van der Waals surface area (Å²) in [5, 5.41) is 4.93. The van der Waals surface area contributed by atoms with Gasteiger partial charge in [-0.05, 0) is 63.4 Å². The maximum Gasteiger partial charge on any atom is 0.155 e. The first kappa shape index (κ1) is 22.2. The lowest BCUT2D eigenvalue weighted by Crippen LogP contribution is -2.07. The highest BCUT2D eigenvalue weighted by Gasteiger charge is 2.08. The Hall–Kier alpha value is -3.56. The van der Waals surface area contributed by atoms with E-state index in [9.17, 15) is 0 Å². The summed E-state index contributed by atoms with van der Waals surface area (Å²) < 4.78 is 1.04. The van der Waals surface area contributed by atoms with E-state index < -0.39 is 0 Å². The highest BCUT2D eigenvalue weighted by molar-refractivity contribution is 9.10. The highest BCUT2D eigenvalue weighted by Crippen LogP contribution is 2.20. The van der Waals surface area contributed by atoms with Gasteiger partial charge < -0.3 is 0 Å². The highest BCUT2D eigenvalue weighted by atomic mass is 79.9. The predicted molar refractivity (Wildman–Crippen MR) is 149 cm³/mol. The minimum Gasteiger partial charge on any atom is -0.261 e. The largest absolute Gasteiger partial charge is 0.261 e. The predicted octanol–water partition coefficient (Wildman–Crippen LogP) is 8.60. The molecule has 166 valence electrons. The van der Waals surface area contributed by atoms with E-state index in [1.165, 1.54) is 27.1 Å². The third kappa shape index (κ3) is 5.00. The van der Waals surface area contributed by atoms with Crippen LogP contribution in [0, 0.1) is 0 Å². The quantitative estimate of drug-likeness (QED) is 0.169. The van der Waals surface area contributed by atoms with Crippen LogP contribution in [0.2, 0.25) is 0 Å². The Kier molecular flexibility index (Phi) is 6.64. The van der Waals surface area contributed by atoms with Gasteiger partial charge in [0.25, 0.3) is 0 Å². The van der Waals surface area contributed by atoms with Gasteiger partial charge in [0.05, 0.1) is 6.54 Å². The van der Waals surface area contributed by atoms with Gasteiger partial charge in [-0.1, -0.05) is 108 Å². The Morgan fingerprint density at radius 3 is 1.91 bits per heavy atom. The van der Waals surface area contributed by atoms with E-state index in [-0.39, 0.29) is 0 Å². The molecule has 0 radical (unpaired) electrons. The second-order valence-corrected chi connectivity index (χ2v) is 9.22. The van der Waals surface area contributed by atoms with Gasteiger partial charge in [-0.2, -0.15) is 0 Å². The molecule has 34 heavy (non-hydrogen) atoms. The average Bonchev–Trinajstić information content (AvgIpc) is 2.89. The normalized spacial score (nSPS) is 12.4. The molecule has 0 bridgehead atoms. The van der Waals surface area contributed by atoms with Crippen molar-refractivity contribution in [2.75, 3.05) is 0 Å². The number of amidine groups is 1. The van der Waals surface area contributed by atoms with E-state index in [0.29, 0.717) is 6.54 Å². The van der Waals surface area contributed by atoms with Gasteiger partial charge in [-0.25, -0.2) is 4.99 Å². The number of halogens is 1. The van der Waals surface area contributed by atoms with Crippen molar-refractivity contribution in [3.63, 3.8) is 0 Å². The van der Waals surface area contributed by atoms with Crippen LogP contribution in [0.3, 0.4) is 0 Å². The Balaban J connectivity index is 1.54. The number of nitrogens with zero attached hydrogens (tertiary/aromatic N) is 2. The minimum absolute atomic E-state index is 0.578. The van der Waals surface area contributed by atoms with Crippen molar-refractivity contribution in [2.45, 2.75) is 19.9 Å². The van der Waals surface area contributed by atoms with Crippen LogP contribution in [0.25, 0.3) is 21.5 Å². The molecular formula is C31H25BrN2. The summed E-state index contributed by atoms with van der Waals surface area (Å²) in [6.07, 6.45) is 0.823. The van der Waals surface area contributed by atoms with Gasteiger partial charge in [-0.15, -0.1) is 0 Å². The smallest absolute Gasteiger partial charge is 0.155 e. The van der Waals surface area contributed by atoms with Crippen molar-refractivity contribution < 1.29 is 0 Å². The van der Waals surface area contributed by atoms with Gasteiger partial charge >= 0.3 is 0 Å². The molecule has 0 aliphatic rings. The van der Waals surface area contributed by atoms with Crippen LogP contribution in [0.1, 0.15) is 30.0 Å². The summed E-state index contributed by atoms with van der Waals surface area (Å²) in [4.78, 5) is 10.1. The fourth-order valence-corrected chi connectivity index (χ4v) is 4.40. The third-order valence-electron chi connectivity index (χ3n) is 5.99. The molecule has 0 aliphatic heterocycles. The van der Waals surface area contributed by atoms with Crippen LogP contribution in [0.4, 0.5) is 0 Å². The second kappa shape index (κ2) is 10.1. The van der Waals surface area contributed by atoms with E-state index in [4.69, 9.17) is 9.98 Å². The summed E-state index contributed by atoms with van der Waals surface area (Å²) in [7, 11) is 0. The van der Waals surface area contributed by atoms with Crippen LogP contribution in [0.5, 0.6) is 0 Å². The summed E-state index contributed by atoms with van der Waals surface area (Å²) in [6, 6.07) is 38.2. The molecule has 0 N–H and O–H groups in total. The van der Waals surface area contributed by atoms with Crippen molar-refractivity contribution in [3.05, 3.63) is 130 Å². The molecule has 0 spiro atoms. The lowest BCUT2D eigenvalue weighted by Gasteiger charge is -2.09. The van der Waals surface area contributed by atoms with Crippen molar-refractivity contribution in [3.8, 4) is 0 Å². The van der Waals surface area contributed by atoms with Crippen molar-refractivity contribution >= 4 is 49.0 Å². The zero-order chi connectivity index (χ0) is 23.3. The van der Waals surface area contributed by atoms with Gasteiger partial charge in [-0.3, -0.25) is 4.99 Å². The molecule has 3 heteroatoms. The Morgan fingerprint density at radius 1 is 0.647 bits per heavy atom. The maximum atomic E-state index is 5.10. The monoisotopic (exact) mass is 504 g/mol. The summed E-state index contributed by atoms with van der Waals surface area (Å²) in [6.45, 7) is 2.73. The lowest BCUT2D eigenvalue weighted by molar-refractivity contribution is 1.06. The van der Waals surface area contributed by atoms with E-state index in [1.54, 1.807) is 0 Å². The first-order valence-electron chi connectivity index (χ1n) is 11.5. The fraction of sp³-hybridized carbons (Fsp3) is 0.0968. The minimum atomic E-state index is 0.578. The number of hydrogen-bond acceptors (Lipinski definition) is 1. The van der Waals surface area contributed by atoms with Crippen molar-refractivity contribution in [1.29, 1.82) is 0 Å². The fourth-order valence-electron chi connectivity index (χ4n) is 4.14. The van der Waals surface area contributed by atoms with Crippen LogP contribution >= 0.6 is 15.9 Å². The number of aliphatic imine (C=N–C) groups is 2. The van der Waals surface area contributed by atoms with E-state index >= 15 is 0 Å². The number of rotatable bonds is 5. The molecule has 0 unspecified atom stereocenters. The second-order valence-electron chi connectivity index (χ2n) is 8.30. The summed E-state index contributed by atoms with van der Waals surface area (Å²) in [5.41, 5.74) is 4.35. The molecule has 0 saturated carbocycles. The zero-order valence-corrected chi connectivity index (χ0v) is 20.7. The first-order valence-corrected chi connectivity index (χ1v) is 12.3. The molecular weight excluding hydrogens is 480 g/mol. The van der Waals surface area contributed by atoms with Gasteiger partial charge in [0.1, 0.15) is 0 Å². The molecule has 5 aromatic rings. The Morgan fingerprint density at radius 2 is 1.24 bits per heavy atom. The SMILES string of the molecule is CCC(=NC(=NCc1ccc2ccccc2c1)c1ccc(Br)cc1)c1ccc2ccccc2c1. The topological polar surface area (TPSA) is 24.7 Å². The Bertz CT molecular complexity index is 1510. The summed E-state index contributed by atoms with van der Waals surface area (Å²) in [5.74, 6) is 0.755. The lowest BCUT2D eigenvalue weighted by atomic mass is 10.0. The van der Waals surface area contributed by atoms with Gasteiger partial charge in [0.15, 0.2) is 5.84 Å². The third-order valence-corrected chi connectivity index (χ3v) is 6.51. The van der Waals surface area contributed by atoms with E-state index in [1.807, 2.05) is 12.1 Å². The van der Waals surface area contributed by atoms with Gasteiger partial charge in [0, 0.05) is 15.7 Å². The first-order chi connectivity index (χ1) is 16.7. The average molecular weight is 505 g/mol.